The molecule has 14 nitrogen and oxygen atoms in total. The first-order valence-electron chi connectivity index (χ1n) is 14.2. The van der Waals surface area contributed by atoms with Gasteiger partial charge in [-0.15, -0.1) is 0 Å². The van der Waals surface area contributed by atoms with E-state index < -0.39 is 48.6 Å². The lowest BCUT2D eigenvalue weighted by Gasteiger charge is -2.43. The van der Waals surface area contributed by atoms with Gasteiger partial charge in [0.25, 0.3) is 0 Å². The van der Waals surface area contributed by atoms with Crippen LogP contribution in [0.4, 0.5) is 52.7 Å². The Morgan fingerprint density at radius 2 is 1.00 bits per heavy atom. The van der Waals surface area contributed by atoms with E-state index in [0.717, 1.165) is 52.5 Å². The van der Waals surface area contributed by atoms with Crippen LogP contribution in [-0.2, 0) is 41.7 Å². The van der Waals surface area contributed by atoms with Crippen LogP contribution >= 0.6 is 0 Å². The number of carbonyl (C=O) groups is 4. The van der Waals surface area contributed by atoms with Crippen LogP contribution in [0.15, 0.2) is 49.1 Å². The van der Waals surface area contributed by atoms with Crippen molar-refractivity contribution in [2.45, 2.75) is 43.4 Å². The summed E-state index contributed by atoms with van der Waals surface area (Å²) in [6, 6.07) is 8.29. The van der Waals surface area contributed by atoms with Gasteiger partial charge in [0, 0.05) is 64.1 Å². The van der Waals surface area contributed by atoms with Crippen molar-refractivity contribution in [2.24, 2.45) is 0 Å². The zero-order valence-electron chi connectivity index (χ0n) is 27.0. The third kappa shape index (κ3) is 21.6. The maximum Gasteiger partial charge on any atom is 0.490 e. The topological polar surface area (TPSA) is 200 Å². The molecule has 306 valence electrons. The largest absolute Gasteiger partial charge is 0.490 e. The summed E-state index contributed by atoms with van der Waals surface area (Å²) in [4.78, 5) is 48.8. The number of pyridine rings is 2. The first-order valence-corrected chi connectivity index (χ1v) is 14.2. The summed E-state index contributed by atoms with van der Waals surface area (Å²) in [6.45, 7) is 7.60. The molecular weight excluding hydrogens is 780 g/mol. The maximum atomic E-state index is 10.6. The van der Waals surface area contributed by atoms with Gasteiger partial charge in [-0.1, -0.05) is 6.07 Å². The number of alkyl halides is 12. The van der Waals surface area contributed by atoms with Crippen molar-refractivity contribution >= 4 is 23.9 Å². The number of carboxylic acids is 4. The van der Waals surface area contributed by atoms with Crippen LogP contribution in [0.2, 0.25) is 0 Å². The van der Waals surface area contributed by atoms with Gasteiger partial charge in [-0.2, -0.15) is 52.7 Å². The number of halogens is 12. The van der Waals surface area contributed by atoms with E-state index in [1.165, 1.54) is 11.1 Å². The lowest BCUT2D eigenvalue weighted by atomic mass is 10.0. The summed E-state index contributed by atoms with van der Waals surface area (Å²) >= 11 is 0. The van der Waals surface area contributed by atoms with E-state index in [4.69, 9.17) is 49.1 Å². The Morgan fingerprint density at radius 3 is 1.37 bits per heavy atom. The second kappa shape index (κ2) is 21.8. The first-order chi connectivity index (χ1) is 24.6. The van der Waals surface area contributed by atoms with Crippen molar-refractivity contribution in [2.75, 3.05) is 46.0 Å². The Bertz CT molecular complexity index is 1350. The molecule has 2 aliphatic rings. The van der Waals surface area contributed by atoms with Crippen LogP contribution < -0.4 is 0 Å². The van der Waals surface area contributed by atoms with Crippen LogP contribution in [-0.4, -0.2) is 140 Å². The molecule has 54 heavy (non-hydrogen) atoms. The minimum absolute atomic E-state index is 0.260. The quantitative estimate of drug-likeness (QED) is 0.322. The second-order valence-corrected chi connectivity index (χ2v) is 10.4. The standard InChI is InChI=1S/C20H26N4O2.4C2HF3O2/c1-2-19(12-22-5-1)14-24-9-11-26-20(16-24)15-23(8-10-25-17-20)13-18-3-6-21-7-4-18;4*3-2(4,5)1(6)7/h1-7,12H,8-11,13-17H2;4*(H,6,7). The second-order valence-electron chi connectivity index (χ2n) is 10.4. The molecule has 1 spiro atoms. The highest BCUT2D eigenvalue weighted by Gasteiger charge is 2.41. The van der Waals surface area contributed by atoms with Crippen LogP contribution in [0.3, 0.4) is 0 Å². The molecule has 1 atom stereocenters. The monoisotopic (exact) mass is 810 g/mol. The third-order valence-corrected chi connectivity index (χ3v) is 6.01. The van der Waals surface area contributed by atoms with E-state index in [0.29, 0.717) is 6.61 Å². The molecule has 2 saturated heterocycles. The normalized spacial score (nSPS) is 18.0. The third-order valence-electron chi connectivity index (χ3n) is 6.01. The molecule has 2 aliphatic heterocycles. The highest BCUT2D eigenvalue weighted by molar-refractivity contribution is 5.74. The van der Waals surface area contributed by atoms with Crippen molar-refractivity contribution in [3.63, 3.8) is 0 Å². The van der Waals surface area contributed by atoms with Gasteiger partial charge < -0.3 is 29.9 Å². The fraction of sp³-hybridized carbons (Fsp3) is 0.500. The summed E-state index contributed by atoms with van der Waals surface area (Å²) < 4.78 is 139. The van der Waals surface area contributed by atoms with Gasteiger partial charge in [-0.05, 0) is 29.3 Å². The van der Waals surface area contributed by atoms with Crippen molar-refractivity contribution in [1.82, 2.24) is 19.8 Å². The molecule has 0 aromatic carbocycles. The molecule has 0 aliphatic carbocycles. The van der Waals surface area contributed by atoms with Crippen LogP contribution in [0.5, 0.6) is 0 Å². The molecule has 4 rings (SSSR count). The van der Waals surface area contributed by atoms with E-state index in [1.54, 1.807) is 0 Å². The van der Waals surface area contributed by atoms with Gasteiger partial charge in [0.2, 0.25) is 0 Å². The Hall–Kier alpha value is -4.82. The molecule has 2 aromatic rings. The fourth-order valence-electron chi connectivity index (χ4n) is 3.86. The Balaban J connectivity index is 0.000000820. The molecule has 0 bridgehead atoms. The number of hydrogen-bond donors (Lipinski definition) is 4. The molecule has 26 heteroatoms. The lowest BCUT2D eigenvalue weighted by molar-refractivity contribution is -0.193. The average Bonchev–Trinajstić information content (AvgIpc) is 3.22. The number of aromatic nitrogens is 2. The number of rotatable bonds is 4. The van der Waals surface area contributed by atoms with E-state index in [-0.39, 0.29) is 5.60 Å². The van der Waals surface area contributed by atoms with Crippen LogP contribution in [0.25, 0.3) is 0 Å². The SMILES string of the molecule is O=C(O)C(F)(F)F.O=C(O)C(F)(F)F.O=C(O)C(F)(F)F.O=C(O)C(F)(F)F.c1cncc(CN2CCOC3(COCCN(Cc4ccncc4)C3)C2)c1. The summed E-state index contributed by atoms with van der Waals surface area (Å²) in [5.41, 5.74) is 2.26. The molecule has 4 heterocycles. The molecule has 0 saturated carbocycles. The minimum Gasteiger partial charge on any atom is -0.475 e. The Kier molecular flexibility index (Phi) is 19.8. The van der Waals surface area contributed by atoms with Gasteiger partial charge in [0.1, 0.15) is 5.60 Å². The fourth-order valence-corrected chi connectivity index (χ4v) is 3.86. The molecule has 2 aromatic heterocycles. The van der Waals surface area contributed by atoms with E-state index in [1.807, 2.05) is 30.9 Å². The van der Waals surface area contributed by atoms with Crippen molar-refractivity contribution in [1.29, 1.82) is 0 Å². The number of nitrogens with zero attached hydrogens (tertiary/aromatic N) is 4. The van der Waals surface area contributed by atoms with E-state index in [9.17, 15) is 52.7 Å². The van der Waals surface area contributed by atoms with Crippen molar-refractivity contribution in [3.05, 3.63) is 60.2 Å². The zero-order valence-corrected chi connectivity index (χ0v) is 27.0. The number of morpholine rings is 1. The number of aliphatic carboxylic acids is 4. The first kappa shape index (κ1) is 49.2. The summed E-state index contributed by atoms with van der Waals surface area (Å²) in [5, 5.41) is 28.5. The minimum atomic E-state index is -5.08. The average molecular weight is 811 g/mol. The van der Waals surface area contributed by atoms with Gasteiger partial charge in [-0.25, -0.2) is 19.2 Å². The Labute approximate surface area is 295 Å². The number of hydrogen-bond acceptors (Lipinski definition) is 10. The highest BCUT2D eigenvalue weighted by atomic mass is 19.4. The number of carboxylic acid groups (broad SMARTS) is 4. The summed E-state index contributed by atoms with van der Waals surface area (Å²) in [7, 11) is 0. The zero-order chi connectivity index (χ0) is 42.0. The predicted octanol–water partition coefficient (Wildman–Crippen LogP) is 4.11. The van der Waals surface area contributed by atoms with Crippen LogP contribution in [0.1, 0.15) is 11.1 Å². The van der Waals surface area contributed by atoms with Crippen molar-refractivity contribution < 1.29 is 102 Å². The van der Waals surface area contributed by atoms with Gasteiger partial charge >= 0.3 is 48.6 Å². The molecule has 0 radical (unpaired) electrons. The highest BCUT2D eigenvalue weighted by Crippen LogP contribution is 2.25. The van der Waals surface area contributed by atoms with Crippen LogP contribution in [0, 0.1) is 0 Å². The summed E-state index contributed by atoms with van der Waals surface area (Å²) in [5.74, 6) is -11.0. The number of ether oxygens (including phenoxy) is 2. The predicted molar refractivity (Wildman–Crippen MR) is 153 cm³/mol. The molecule has 0 amide bonds. The van der Waals surface area contributed by atoms with E-state index >= 15 is 0 Å². The summed E-state index contributed by atoms with van der Waals surface area (Å²) in [6.07, 6.45) is -12.9. The smallest absolute Gasteiger partial charge is 0.475 e. The molecule has 1 unspecified atom stereocenters. The Morgan fingerprint density at radius 1 is 0.611 bits per heavy atom. The molecule has 4 N–H and O–H groups in total. The van der Waals surface area contributed by atoms with Gasteiger partial charge in [0.05, 0.1) is 19.8 Å². The van der Waals surface area contributed by atoms with E-state index in [2.05, 4.69) is 38.0 Å². The lowest BCUT2D eigenvalue weighted by Crippen LogP contribution is -2.58. The van der Waals surface area contributed by atoms with Gasteiger partial charge in [-0.3, -0.25) is 19.8 Å². The van der Waals surface area contributed by atoms with Crippen molar-refractivity contribution in [3.8, 4) is 0 Å². The van der Waals surface area contributed by atoms with Gasteiger partial charge in [0.15, 0.2) is 0 Å². The molecule has 2 fully saturated rings. The molecular formula is C28H30F12N4O10. The maximum absolute atomic E-state index is 10.6.